The maximum Gasteiger partial charge on any atom is 0.322 e. The van der Waals surface area contributed by atoms with E-state index in [0.29, 0.717) is 6.42 Å². The second-order valence-corrected chi connectivity index (χ2v) is 4.66. The average molecular weight is 345 g/mol. The molecule has 0 aromatic heterocycles. The van der Waals surface area contributed by atoms with Gasteiger partial charge in [-0.05, 0) is 12.8 Å². The van der Waals surface area contributed by atoms with Crippen LogP contribution >= 0.6 is 0 Å². The van der Waals surface area contributed by atoms with Gasteiger partial charge in [0.25, 0.3) is 0 Å². The number of carboxylic acid groups (broad SMARTS) is 1. The predicted molar refractivity (Wildman–Crippen MR) is 84.6 cm³/mol. The molecule has 10 N–H and O–H groups in total. The van der Waals surface area contributed by atoms with Crippen LogP contribution in [0.25, 0.3) is 0 Å². The zero-order chi connectivity index (χ0) is 18.5. The molecule has 0 rings (SSSR count). The molecule has 24 heavy (non-hydrogen) atoms. The van der Waals surface area contributed by atoms with E-state index in [1.165, 1.54) is 0 Å². The fraction of sp³-hybridized carbons (Fsp3) is 0.583. The number of guanidine groups is 1. The molecular weight excluding hydrogens is 322 g/mol. The standard InChI is InChI=1S/C12H23N7O5/c13-4-8(20)17-5-9(21)19-7(2-1-3-16-12(14)15)11(24)18-6-10(22)23/h7H,1-6,13H2,(H,17,20)(H,18,24)(H,19,21)(H,22,23)(H4,14,15,16)/t7-/m0/s1. The minimum atomic E-state index is -1.22. The first-order valence-electron chi connectivity index (χ1n) is 7.07. The number of carbonyl (C=O) groups excluding carboxylic acids is 3. The Morgan fingerprint density at radius 2 is 1.71 bits per heavy atom. The first-order valence-corrected chi connectivity index (χ1v) is 7.07. The summed E-state index contributed by atoms with van der Waals surface area (Å²) in [5.74, 6) is -3.13. The summed E-state index contributed by atoms with van der Waals surface area (Å²) in [6.45, 7) is -0.963. The third-order valence-electron chi connectivity index (χ3n) is 2.64. The Balaban J connectivity index is 4.56. The van der Waals surface area contributed by atoms with Crippen molar-refractivity contribution in [2.75, 3.05) is 26.2 Å². The van der Waals surface area contributed by atoms with E-state index in [1.54, 1.807) is 0 Å². The van der Waals surface area contributed by atoms with Gasteiger partial charge in [-0.2, -0.15) is 0 Å². The molecule has 136 valence electrons. The van der Waals surface area contributed by atoms with Gasteiger partial charge in [0, 0.05) is 6.54 Å². The van der Waals surface area contributed by atoms with Gasteiger partial charge < -0.3 is 38.3 Å². The zero-order valence-electron chi connectivity index (χ0n) is 13.1. The summed E-state index contributed by atoms with van der Waals surface area (Å²) in [6, 6.07) is -0.985. The van der Waals surface area contributed by atoms with Crippen LogP contribution in [0, 0.1) is 0 Å². The zero-order valence-corrected chi connectivity index (χ0v) is 13.1. The van der Waals surface area contributed by atoms with Crippen molar-refractivity contribution in [1.82, 2.24) is 16.0 Å². The fourth-order valence-electron chi connectivity index (χ4n) is 1.55. The highest BCUT2D eigenvalue weighted by Gasteiger charge is 2.21. The quantitative estimate of drug-likeness (QED) is 0.110. The second-order valence-electron chi connectivity index (χ2n) is 4.66. The van der Waals surface area contributed by atoms with E-state index in [0.717, 1.165) is 0 Å². The molecule has 1 atom stereocenters. The maximum atomic E-state index is 11.9. The first-order chi connectivity index (χ1) is 11.3. The lowest BCUT2D eigenvalue weighted by Crippen LogP contribution is -2.50. The third kappa shape index (κ3) is 10.8. The highest BCUT2D eigenvalue weighted by atomic mass is 16.4. The summed E-state index contributed by atoms with van der Waals surface area (Å²) in [4.78, 5) is 48.9. The number of amides is 3. The summed E-state index contributed by atoms with van der Waals surface area (Å²) in [5.41, 5.74) is 15.4. The van der Waals surface area contributed by atoms with Crippen LogP contribution in [0.3, 0.4) is 0 Å². The SMILES string of the molecule is NCC(=O)NCC(=O)N[C@@H](CCCN=C(N)N)C(=O)NCC(=O)O. The van der Waals surface area contributed by atoms with Crippen molar-refractivity contribution < 1.29 is 24.3 Å². The number of aliphatic carboxylic acids is 1. The summed E-state index contributed by atoms with van der Waals surface area (Å²) >= 11 is 0. The molecule has 0 bridgehead atoms. The Morgan fingerprint density at radius 1 is 1.04 bits per heavy atom. The first kappa shape index (κ1) is 21.1. The maximum absolute atomic E-state index is 11.9. The molecule has 0 aliphatic rings. The molecule has 0 unspecified atom stereocenters. The van der Waals surface area contributed by atoms with Gasteiger partial charge in [0.15, 0.2) is 5.96 Å². The number of nitrogens with two attached hydrogens (primary N) is 3. The molecular formula is C12H23N7O5. The van der Waals surface area contributed by atoms with E-state index in [2.05, 4.69) is 20.9 Å². The highest BCUT2D eigenvalue weighted by molar-refractivity contribution is 5.91. The number of nitrogens with one attached hydrogen (secondary N) is 3. The third-order valence-corrected chi connectivity index (χ3v) is 2.64. The van der Waals surface area contributed by atoms with Gasteiger partial charge >= 0.3 is 5.97 Å². The number of carbonyl (C=O) groups is 4. The molecule has 12 heteroatoms. The average Bonchev–Trinajstić information content (AvgIpc) is 2.52. The smallest absolute Gasteiger partial charge is 0.322 e. The summed E-state index contributed by atoms with van der Waals surface area (Å²) in [6.07, 6.45) is 0.553. The Hall–Kier alpha value is -2.89. The number of carboxylic acids is 1. The predicted octanol–water partition coefficient (Wildman–Crippen LogP) is -4.20. The summed E-state index contributed by atoms with van der Waals surface area (Å²) in [5, 5.41) is 15.4. The van der Waals surface area contributed by atoms with Gasteiger partial charge in [0.2, 0.25) is 17.7 Å². The number of nitrogens with zero attached hydrogens (tertiary/aromatic N) is 1. The largest absolute Gasteiger partial charge is 0.480 e. The van der Waals surface area contributed by atoms with Crippen molar-refractivity contribution >= 4 is 29.7 Å². The van der Waals surface area contributed by atoms with Crippen molar-refractivity contribution in [3.05, 3.63) is 0 Å². The Morgan fingerprint density at radius 3 is 2.25 bits per heavy atom. The van der Waals surface area contributed by atoms with Crippen molar-refractivity contribution in [1.29, 1.82) is 0 Å². The number of aliphatic imine (C=N–C) groups is 1. The molecule has 0 spiro atoms. The lowest BCUT2D eigenvalue weighted by Gasteiger charge is -2.18. The molecule has 12 nitrogen and oxygen atoms in total. The number of rotatable bonds is 11. The second kappa shape index (κ2) is 11.6. The fourth-order valence-corrected chi connectivity index (χ4v) is 1.55. The Kier molecular flexibility index (Phi) is 10.2. The van der Waals surface area contributed by atoms with E-state index in [4.69, 9.17) is 22.3 Å². The van der Waals surface area contributed by atoms with E-state index in [9.17, 15) is 19.2 Å². The molecule has 0 aliphatic carbocycles. The van der Waals surface area contributed by atoms with Crippen molar-refractivity contribution in [3.63, 3.8) is 0 Å². The summed E-state index contributed by atoms with van der Waals surface area (Å²) in [7, 11) is 0. The number of hydrogen-bond acceptors (Lipinski definition) is 6. The molecule has 0 saturated heterocycles. The van der Waals surface area contributed by atoms with E-state index in [-0.39, 0.29) is 32.0 Å². The van der Waals surface area contributed by atoms with Gasteiger partial charge in [-0.25, -0.2) is 0 Å². The normalized spacial score (nSPS) is 11.0. The molecule has 0 aromatic rings. The molecule has 3 amide bonds. The lowest BCUT2D eigenvalue weighted by atomic mass is 10.1. The van der Waals surface area contributed by atoms with Crippen LogP contribution in [0.2, 0.25) is 0 Å². The minimum absolute atomic E-state index is 0.101. The molecule has 0 heterocycles. The van der Waals surface area contributed by atoms with E-state index < -0.39 is 36.3 Å². The molecule has 0 fully saturated rings. The van der Waals surface area contributed by atoms with Crippen LogP contribution in [0.1, 0.15) is 12.8 Å². The topological polar surface area (TPSA) is 215 Å². The Bertz CT molecular complexity index is 490. The van der Waals surface area contributed by atoms with Crippen LogP contribution in [-0.2, 0) is 19.2 Å². The number of hydrogen-bond donors (Lipinski definition) is 7. The molecule has 0 aliphatic heterocycles. The van der Waals surface area contributed by atoms with Crippen LogP contribution in [-0.4, -0.2) is 67.0 Å². The van der Waals surface area contributed by atoms with Gasteiger partial charge in [-0.1, -0.05) is 0 Å². The monoisotopic (exact) mass is 345 g/mol. The van der Waals surface area contributed by atoms with Crippen LogP contribution < -0.4 is 33.2 Å². The highest BCUT2D eigenvalue weighted by Crippen LogP contribution is 1.99. The van der Waals surface area contributed by atoms with Crippen molar-refractivity contribution in [3.8, 4) is 0 Å². The molecule has 0 radical (unpaired) electrons. The van der Waals surface area contributed by atoms with E-state index >= 15 is 0 Å². The molecule has 0 saturated carbocycles. The van der Waals surface area contributed by atoms with E-state index in [1.807, 2.05) is 0 Å². The van der Waals surface area contributed by atoms with Gasteiger partial charge in [0.05, 0.1) is 13.1 Å². The van der Waals surface area contributed by atoms with Crippen molar-refractivity contribution in [2.24, 2.45) is 22.2 Å². The van der Waals surface area contributed by atoms with Gasteiger partial charge in [-0.15, -0.1) is 0 Å². The van der Waals surface area contributed by atoms with Gasteiger partial charge in [0.1, 0.15) is 12.6 Å². The van der Waals surface area contributed by atoms with Crippen LogP contribution in [0.5, 0.6) is 0 Å². The minimum Gasteiger partial charge on any atom is -0.480 e. The van der Waals surface area contributed by atoms with Crippen LogP contribution in [0.4, 0.5) is 0 Å². The Labute approximate surface area is 138 Å². The van der Waals surface area contributed by atoms with Crippen molar-refractivity contribution in [2.45, 2.75) is 18.9 Å². The van der Waals surface area contributed by atoms with Crippen LogP contribution in [0.15, 0.2) is 4.99 Å². The summed E-state index contributed by atoms with van der Waals surface area (Å²) < 4.78 is 0. The van der Waals surface area contributed by atoms with Gasteiger partial charge in [-0.3, -0.25) is 24.2 Å². The lowest BCUT2D eigenvalue weighted by molar-refractivity contribution is -0.138. The molecule has 0 aromatic carbocycles.